The number of fused-ring (bicyclic) bond motifs is 12. The molecular weight excluding hydrogens is 1390 g/mol. The van der Waals surface area contributed by atoms with Crippen LogP contribution in [0.2, 0.25) is 0 Å². The van der Waals surface area contributed by atoms with E-state index in [9.17, 15) is 14.4 Å². The second-order valence-electron chi connectivity index (χ2n) is 34.2. The van der Waals surface area contributed by atoms with Gasteiger partial charge in [-0.25, -0.2) is 0 Å². The summed E-state index contributed by atoms with van der Waals surface area (Å²) in [5.74, 6) is -10.7. The molecule has 111 heavy (non-hydrogen) atoms. The van der Waals surface area contributed by atoms with Gasteiger partial charge < -0.3 is 0 Å². The van der Waals surface area contributed by atoms with Gasteiger partial charge in [0.05, 0.1) is 0 Å². The smallest absolute Gasteiger partial charge is 0.289 e. The number of benzene rings is 12. The zero-order valence-corrected chi connectivity index (χ0v) is 72.5. The molecule has 12 aromatic rings. The fourth-order valence-electron chi connectivity index (χ4n) is 22.1. The van der Waals surface area contributed by atoms with Gasteiger partial charge in [0.25, 0.3) is 17.8 Å². The molecule has 3 nitrogen and oxygen atoms in total. The first-order valence-electron chi connectivity index (χ1n) is 39.2. The lowest BCUT2D eigenvalue weighted by Crippen LogP contribution is -2.37. The van der Waals surface area contributed by atoms with Crippen molar-refractivity contribution < 1.29 is 40.7 Å². The lowest BCUT2D eigenvalue weighted by Gasteiger charge is -2.40. The maximum atomic E-state index is 17.0. The fraction of sp³-hybridized carbons (Fsp3) is 0.382. The number of halogens is 6. The number of rotatable bonds is 0. The van der Waals surface area contributed by atoms with E-state index in [1.807, 2.05) is 125 Å². The van der Waals surface area contributed by atoms with Crippen molar-refractivity contribution in [3.8, 4) is 0 Å². The topological polar surface area (TPSA) is 51.2 Å². The Morgan fingerprint density at radius 2 is 0.225 bits per heavy atom. The summed E-state index contributed by atoms with van der Waals surface area (Å²) in [6.07, 6.45) is 0. The molecule has 3 aliphatic rings. The summed E-state index contributed by atoms with van der Waals surface area (Å²) in [5.41, 5.74) is 33.7. The van der Waals surface area contributed by atoms with E-state index < -0.39 is 40.0 Å². The molecule has 576 valence electrons. The van der Waals surface area contributed by atoms with Crippen LogP contribution < -0.4 is 0 Å². The van der Waals surface area contributed by atoms with E-state index in [4.69, 9.17) is 0 Å². The Hall–Kier alpha value is -9.21. The molecule has 9 heteroatoms. The Morgan fingerprint density at radius 3 is 0.369 bits per heavy atom. The van der Waals surface area contributed by atoms with Crippen molar-refractivity contribution in [1.82, 2.24) is 0 Å². The summed E-state index contributed by atoms with van der Waals surface area (Å²) in [5, 5.41) is 10.8. The first kappa shape index (κ1) is 79.9. The molecule has 0 heterocycles. The molecular formula is C102H108F6O3. The maximum absolute atomic E-state index is 17.0. The van der Waals surface area contributed by atoms with Crippen LogP contribution in [-0.4, -0.2) is 17.3 Å². The quantitative estimate of drug-likeness (QED) is 0.142. The minimum absolute atomic E-state index is 0.00448. The average molecular weight is 1500 g/mol. The Morgan fingerprint density at radius 1 is 0.126 bits per heavy atom. The minimum atomic E-state index is -3.57. The van der Waals surface area contributed by atoms with Crippen LogP contribution in [0.3, 0.4) is 0 Å². The van der Waals surface area contributed by atoms with Crippen molar-refractivity contribution >= 4 is 82.0 Å². The van der Waals surface area contributed by atoms with Crippen LogP contribution in [0.4, 0.5) is 26.3 Å². The number of aryl methyl sites for hydroxylation is 24. The fourth-order valence-corrected chi connectivity index (χ4v) is 22.1. The molecule has 0 amide bonds. The van der Waals surface area contributed by atoms with Crippen LogP contribution in [0, 0.1) is 249 Å². The Labute approximate surface area is 653 Å². The van der Waals surface area contributed by atoms with Crippen molar-refractivity contribution in [1.29, 1.82) is 0 Å². The summed E-state index contributed by atoms with van der Waals surface area (Å²) < 4.78 is 102. The number of ketones is 3. The first-order valence-corrected chi connectivity index (χ1v) is 39.2. The molecule has 0 N–H and O–H groups in total. The monoisotopic (exact) mass is 1490 g/mol. The van der Waals surface area contributed by atoms with E-state index in [0.717, 1.165) is 154 Å². The molecule has 0 aliphatic heterocycles. The zero-order chi connectivity index (χ0) is 82.9. The van der Waals surface area contributed by atoms with Crippen molar-refractivity contribution in [2.75, 3.05) is 0 Å². The zero-order valence-electron chi connectivity index (χ0n) is 72.5. The summed E-state index contributed by atoms with van der Waals surface area (Å²) in [4.78, 5) is 43.3. The molecule has 15 rings (SSSR count). The average Bonchev–Trinajstić information content (AvgIpc) is 0.681. The highest BCUT2D eigenvalue weighted by atomic mass is 19.3. The van der Waals surface area contributed by atoms with E-state index in [2.05, 4.69) is 83.1 Å². The summed E-state index contributed by atoms with van der Waals surface area (Å²) in [6.45, 7) is 70.9. The Bertz CT molecular complexity index is 5910. The van der Waals surface area contributed by atoms with Crippen molar-refractivity contribution in [2.45, 2.75) is 267 Å². The predicted octanol–water partition coefficient (Wildman–Crippen LogP) is 28.1. The van der Waals surface area contributed by atoms with Gasteiger partial charge in [0.2, 0.25) is 0 Å². The molecule has 0 unspecified atom stereocenters. The highest BCUT2D eigenvalue weighted by Gasteiger charge is 2.58. The van der Waals surface area contributed by atoms with E-state index >= 15 is 26.3 Å². The number of carbonyl (C=O) groups is 3. The standard InChI is InChI=1S/C34H36F4.C34H36F2O.C34H36O2/c1-13-14(2)18(6)26-22(10)30-29(21(9)25(26)17(13)5)33(35,36)31-23(11)27-19(7)15(3)16(4)20(8)28(27)24(12)32(31)34(30,37)38;1-13-15(3)19(7)27-23(11)31-29(21(9)25(27)17(13)5)33(37)30-22(10)26-18(6)14(2)16(4)20(8)28(26)24(12)32(30)34(31,35)36;1-13-14(2)18(6)26-22(10)30-29(21(9)25(26)17(13)5)33(35)31-23(11)27-19(7)15(3)16(4)20(8)28(27)24(12)32(31)34(30)36/h1-12H3;1-12H3;1-12H3. The van der Waals surface area contributed by atoms with Gasteiger partial charge in [-0.05, 0) is 514 Å². The molecule has 0 spiro atoms. The summed E-state index contributed by atoms with van der Waals surface area (Å²) in [6, 6.07) is 0. The van der Waals surface area contributed by atoms with Gasteiger partial charge in [0.1, 0.15) is 0 Å². The predicted molar refractivity (Wildman–Crippen MR) is 454 cm³/mol. The van der Waals surface area contributed by atoms with Gasteiger partial charge in [-0.15, -0.1) is 0 Å². The van der Waals surface area contributed by atoms with Crippen LogP contribution in [-0.2, 0) is 17.8 Å². The number of hydrogen-bond acceptors (Lipinski definition) is 3. The van der Waals surface area contributed by atoms with E-state index in [0.29, 0.717) is 66.1 Å². The third-order valence-corrected chi connectivity index (χ3v) is 29.9. The van der Waals surface area contributed by atoms with Gasteiger partial charge in [-0.1, -0.05) is 0 Å². The van der Waals surface area contributed by atoms with Crippen LogP contribution in [0.5, 0.6) is 0 Å². The second kappa shape index (κ2) is 25.7. The molecule has 0 radical (unpaired) electrons. The van der Waals surface area contributed by atoms with E-state index in [1.54, 1.807) is 41.5 Å². The Kier molecular flexibility index (Phi) is 18.5. The van der Waals surface area contributed by atoms with Crippen LogP contribution in [0.1, 0.15) is 281 Å². The lowest BCUT2D eigenvalue weighted by atomic mass is 9.69. The minimum Gasteiger partial charge on any atom is -0.289 e. The molecule has 0 aromatic heterocycles. The number of hydrogen-bond donors (Lipinski definition) is 0. The van der Waals surface area contributed by atoms with Crippen molar-refractivity contribution in [3.63, 3.8) is 0 Å². The van der Waals surface area contributed by atoms with Crippen LogP contribution in [0.15, 0.2) is 0 Å². The normalized spacial score (nSPS) is 14.5. The summed E-state index contributed by atoms with van der Waals surface area (Å²) >= 11 is 0. The van der Waals surface area contributed by atoms with E-state index in [-0.39, 0.29) is 61.9 Å². The SMILES string of the molecule is Cc1c(C)c(C)c2c(C)c3c(c(C)c2c1C)C(=O)c1c(c(C)c2c(C)c(C)c(C)c(C)c2c1C)C3(F)F.Cc1c(C)c(C)c2c(C)c3c(c(C)c2c1C)C(=O)c1c(c(C)c2c(C)c(C)c(C)c(C)c2c1C)C3=O.Cc1c(C)c(C)c2c(C)c3c(c(C)c2c1C)C(F)(F)c1c(c(C)c2c(C)c(C)c(C)c(C)c2c1C)C3(F)F. The third kappa shape index (κ3) is 9.93. The molecule has 0 bridgehead atoms. The highest BCUT2D eigenvalue weighted by Crippen LogP contribution is 2.62. The van der Waals surface area contributed by atoms with Gasteiger partial charge in [0, 0.05) is 66.8 Å². The molecule has 0 saturated heterocycles. The van der Waals surface area contributed by atoms with Crippen molar-refractivity contribution in [3.05, 3.63) is 267 Å². The second-order valence-corrected chi connectivity index (χ2v) is 34.2. The van der Waals surface area contributed by atoms with Crippen LogP contribution in [0.25, 0.3) is 64.6 Å². The first-order chi connectivity index (χ1) is 51.2. The number of alkyl halides is 6. The molecule has 0 saturated carbocycles. The largest absolute Gasteiger partial charge is 0.300 e. The van der Waals surface area contributed by atoms with Gasteiger partial charge in [0.15, 0.2) is 17.3 Å². The lowest BCUT2D eigenvalue weighted by molar-refractivity contribution is -0.0129. The van der Waals surface area contributed by atoms with Crippen LogP contribution >= 0.6 is 0 Å². The molecule has 3 aliphatic carbocycles. The Balaban J connectivity index is 0.000000146. The van der Waals surface area contributed by atoms with Crippen molar-refractivity contribution in [2.24, 2.45) is 0 Å². The molecule has 12 aromatic carbocycles. The molecule has 0 fully saturated rings. The summed E-state index contributed by atoms with van der Waals surface area (Å²) in [7, 11) is 0. The third-order valence-electron chi connectivity index (χ3n) is 29.9. The van der Waals surface area contributed by atoms with Gasteiger partial charge in [-0.3, -0.25) is 14.4 Å². The molecule has 0 atom stereocenters. The van der Waals surface area contributed by atoms with E-state index in [1.165, 1.54) is 44.5 Å². The number of carbonyl (C=O) groups excluding carboxylic acids is 3. The maximum Gasteiger partial charge on any atom is 0.300 e. The van der Waals surface area contributed by atoms with Gasteiger partial charge in [-0.2, -0.15) is 26.3 Å². The highest BCUT2D eigenvalue weighted by molar-refractivity contribution is 6.34. The van der Waals surface area contributed by atoms with Gasteiger partial charge >= 0.3 is 0 Å².